The summed E-state index contributed by atoms with van der Waals surface area (Å²) < 4.78 is 50.4. The molecule has 0 amide bonds. The standard InChI is InChI=1S/C11H14F3NO3/c1-16-10(17-2)9(15)7-5-3-4-6-8(7)18-11(12,13)14/h3-6,9-10H,15H2,1-2H3. The second kappa shape index (κ2) is 6.03. The van der Waals surface area contributed by atoms with Crippen molar-refractivity contribution in [1.82, 2.24) is 0 Å². The highest BCUT2D eigenvalue weighted by molar-refractivity contribution is 5.36. The van der Waals surface area contributed by atoms with Gasteiger partial charge in [-0.2, -0.15) is 0 Å². The fraction of sp³-hybridized carbons (Fsp3) is 0.455. The quantitative estimate of drug-likeness (QED) is 0.829. The summed E-state index contributed by atoms with van der Waals surface area (Å²) in [6.45, 7) is 0. The van der Waals surface area contributed by atoms with E-state index in [0.29, 0.717) is 0 Å². The average molecular weight is 265 g/mol. The number of nitrogens with two attached hydrogens (primary N) is 1. The van der Waals surface area contributed by atoms with Gasteiger partial charge in [0.15, 0.2) is 6.29 Å². The fourth-order valence-electron chi connectivity index (χ4n) is 1.51. The van der Waals surface area contributed by atoms with Crippen molar-refractivity contribution in [3.8, 4) is 5.75 Å². The van der Waals surface area contributed by atoms with Gasteiger partial charge in [-0.3, -0.25) is 0 Å². The molecule has 0 bridgehead atoms. The van der Waals surface area contributed by atoms with Gasteiger partial charge >= 0.3 is 6.36 Å². The predicted octanol–water partition coefficient (Wildman–Crippen LogP) is 2.20. The molecule has 0 radical (unpaired) electrons. The molecule has 0 fully saturated rings. The van der Waals surface area contributed by atoms with Crippen LogP contribution < -0.4 is 10.5 Å². The molecule has 0 aromatic heterocycles. The number of methoxy groups -OCH3 is 2. The van der Waals surface area contributed by atoms with Crippen LogP contribution in [-0.2, 0) is 9.47 Å². The third-order valence-electron chi connectivity index (χ3n) is 2.26. The van der Waals surface area contributed by atoms with Crippen molar-refractivity contribution in [3.05, 3.63) is 29.8 Å². The molecule has 1 unspecified atom stereocenters. The Morgan fingerprint density at radius 3 is 2.17 bits per heavy atom. The smallest absolute Gasteiger partial charge is 0.405 e. The first kappa shape index (κ1) is 14.7. The van der Waals surface area contributed by atoms with Crippen LogP contribution in [0.25, 0.3) is 0 Å². The molecule has 0 saturated heterocycles. The van der Waals surface area contributed by atoms with E-state index < -0.39 is 18.7 Å². The molecule has 0 spiro atoms. The van der Waals surface area contributed by atoms with Gasteiger partial charge in [0.2, 0.25) is 0 Å². The molecule has 1 rings (SSSR count). The molecule has 18 heavy (non-hydrogen) atoms. The van der Waals surface area contributed by atoms with Crippen molar-refractivity contribution in [2.75, 3.05) is 14.2 Å². The van der Waals surface area contributed by atoms with Crippen molar-refractivity contribution in [3.63, 3.8) is 0 Å². The Labute approximate surface area is 102 Å². The maximum atomic E-state index is 12.2. The number of alkyl halides is 3. The van der Waals surface area contributed by atoms with E-state index in [-0.39, 0.29) is 11.3 Å². The molecule has 1 aromatic carbocycles. The zero-order chi connectivity index (χ0) is 13.8. The summed E-state index contributed by atoms with van der Waals surface area (Å²) in [7, 11) is 2.70. The molecular weight excluding hydrogens is 251 g/mol. The van der Waals surface area contributed by atoms with Gasteiger partial charge in [-0.15, -0.1) is 13.2 Å². The zero-order valence-corrected chi connectivity index (χ0v) is 9.90. The second-order valence-electron chi connectivity index (χ2n) is 3.45. The lowest BCUT2D eigenvalue weighted by molar-refractivity contribution is -0.275. The Hall–Kier alpha value is -1.31. The molecular formula is C11H14F3NO3. The lowest BCUT2D eigenvalue weighted by Crippen LogP contribution is -2.30. The van der Waals surface area contributed by atoms with Crippen LogP contribution in [0.15, 0.2) is 24.3 Å². The van der Waals surface area contributed by atoms with Crippen molar-refractivity contribution >= 4 is 0 Å². The Balaban J connectivity index is 3.01. The predicted molar refractivity (Wildman–Crippen MR) is 57.9 cm³/mol. The molecule has 0 aliphatic rings. The van der Waals surface area contributed by atoms with Gasteiger partial charge in [-0.25, -0.2) is 0 Å². The highest BCUT2D eigenvalue weighted by atomic mass is 19.4. The van der Waals surface area contributed by atoms with Crippen LogP contribution in [0.4, 0.5) is 13.2 Å². The highest BCUT2D eigenvalue weighted by Gasteiger charge is 2.33. The molecule has 1 aromatic rings. The lowest BCUT2D eigenvalue weighted by atomic mass is 10.1. The van der Waals surface area contributed by atoms with Crippen molar-refractivity contribution in [2.24, 2.45) is 5.73 Å². The summed E-state index contributed by atoms with van der Waals surface area (Å²) in [5.41, 5.74) is 5.94. The molecule has 7 heteroatoms. The van der Waals surface area contributed by atoms with E-state index in [9.17, 15) is 13.2 Å². The average Bonchev–Trinajstić information content (AvgIpc) is 2.29. The van der Waals surface area contributed by atoms with Gasteiger partial charge in [0.1, 0.15) is 5.75 Å². The van der Waals surface area contributed by atoms with E-state index >= 15 is 0 Å². The summed E-state index contributed by atoms with van der Waals surface area (Å²) >= 11 is 0. The van der Waals surface area contributed by atoms with Gasteiger partial charge in [0.05, 0.1) is 6.04 Å². The second-order valence-corrected chi connectivity index (χ2v) is 3.45. The topological polar surface area (TPSA) is 53.7 Å². The van der Waals surface area contributed by atoms with Gasteiger partial charge in [0.25, 0.3) is 0 Å². The number of hydrogen-bond acceptors (Lipinski definition) is 4. The summed E-state index contributed by atoms with van der Waals surface area (Å²) in [6, 6.07) is 4.70. The van der Waals surface area contributed by atoms with Crippen LogP contribution in [0.5, 0.6) is 5.75 Å². The Kier molecular flexibility index (Phi) is 4.94. The summed E-state index contributed by atoms with van der Waals surface area (Å²) in [5.74, 6) is -0.364. The fourth-order valence-corrected chi connectivity index (χ4v) is 1.51. The number of rotatable bonds is 5. The minimum Gasteiger partial charge on any atom is -0.405 e. The third kappa shape index (κ3) is 3.86. The van der Waals surface area contributed by atoms with E-state index in [0.717, 1.165) is 0 Å². The minimum atomic E-state index is -4.77. The first-order valence-corrected chi connectivity index (χ1v) is 5.05. The van der Waals surface area contributed by atoms with Crippen LogP contribution in [0.3, 0.4) is 0 Å². The molecule has 1 atom stereocenters. The van der Waals surface area contributed by atoms with Crippen LogP contribution in [0.1, 0.15) is 11.6 Å². The lowest BCUT2D eigenvalue weighted by Gasteiger charge is -2.23. The molecule has 102 valence electrons. The maximum Gasteiger partial charge on any atom is 0.573 e. The first-order valence-electron chi connectivity index (χ1n) is 5.05. The van der Waals surface area contributed by atoms with Crippen molar-refractivity contribution in [1.29, 1.82) is 0 Å². The Bertz CT molecular complexity index is 380. The minimum absolute atomic E-state index is 0.156. The van der Waals surface area contributed by atoms with Gasteiger partial charge < -0.3 is 19.9 Å². The molecule has 0 heterocycles. The van der Waals surface area contributed by atoms with Crippen LogP contribution in [-0.4, -0.2) is 26.9 Å². The van der Waals surface area contributed by atoms with E-state index in [1.165, 1.54) is 32.4 Å². The van der Waals surface area contributed by atoms with E-state index in [4.69, 9.17) is 15.2 Å². The molecule has 4 nitrogen and oxygen atoms in total. The van der Waals surface area contributed by atoms with Gasteiger partial charge in [0, 0.05) is 19.8 Å². The summed E-state index contributed by atoms with van der Waals surface area (Å²) in [5, 5.41) is 0. The van der Waals surface area contributed by atoms with Crippen molar-refractivity contribution < 1.29 is 27.4 Å². The molecule has 0 saturated carbocycles. The SMILES string of the molecule is COC(OC)C(N)c1ccccc1OC(F)(F)F. The number of ether oxygens (including phenoxy) is 3. The van der Waals surface area contributed by atoms with E-state index in [1.807, 2.05) is 0 Å². The highest BCUT2D eigenvalue weighted by Crippen LogP contribution is 2.31. The number of halogens is 3. The number of hydrogen-bond donors (Lipinski definition) is 1. The first-order chi connectivity index (χ1) is 8.39. The number of para-hydroxylation sites is 1. The molecule has 0 aliphatic heterocycles. The van der Waals surface area contributed by atoms with Gasteiger partial charge in [-0.1, -0.05) is 18.2 Å². The Morgan fingerprint density at radius 2 is 1.67 bits per heavy atom. The summed E-state index contributed by atoms with van der Waals surface area (Å²) in [4.78, 5) is 0. The Morgan fingerprint density at radius 1 is 1.11 bits per heavy atom. The normalized spacial score (nSPS) is 13.7. The monoisotopic (exact) mass is 265 g/mol. The van der Waals surface area contributed by atoms with E-state index in [1.54, 1.807) is 6.07 Å². The zero-order valence-electron chi connectivity index (χ0n) is 9.90. The molecule has 2 N–H and O–H groups in total. The largest absolute Gasteiger partial charge is 0.573 e. The van der Waals surface area contributed by atoms with Crippen LogP contribution in [0, 0.1) is 0 Å². The summed E-state index contributed by atoms with van der Waals surface area (Å²) in [6.07, 6.45) is -5.63. The van der Waals surface area contributed by atoms with Crippen LogP contribution in [0.2, 0.25) is 0 Å². The third-order valence-corrected chi connectivity index (χ3v) is 2.26. The van der Waals surface area contributed by atoms with Crippen molar-refractivity contribution in [2.45, 2.75) is 18.7 Å². The van der Waals surface area contributed by atoms with Crippen LogP contribution >= 0.6 is 0 Å². The molecule has 0 aliphatic carbocycles. The maximum absolute atomic E-state index is 12.2. The van der Waals surface area contributed by atoms with E-state index in [2.05, 4.69) is 4.74 Å². The number of benzene rings is 1. The van der Waals surface area contributed by atoms with Gasteiger partial charge in [-0.05, 0) is 6.07 Å².